The average Bonchev–Trinajstić information content (AvgIpc) is 2.73. The van der Waals surface area contributed by atoms with E-state index in [2.05, 4.69) is 5.32 Å². The lowest BCUT2D eigenvalue weighted by atomic mass is 10.2. The molecule has 10 heteroatoms. The monoisotopic (exact) mass is 451 g/mol. The van der Waals surface area contributed by atoms with Gasteiger partial charge in [0.15, 0.2) is 0 Å². The molecule has 0 saturated heterocycles. The Balaban J connectivity index is 2.10. The fraction of sp³-hybridized carbons (Fsp3) is 0.333. The van der Waals surface area contributed by atoms with Crippen molar-refractivity contribution in [3.63, 3.8) is 0 Å². The van der Waals surface area contributed by atoms with Crippen molar-refractivity contribution in [2.24, 2.45) is 0 Å². The van der Waals surface area contributed by atoms with Crippen LogP contribution in [-0.4, -0.2) is 51.8 Å². The first kappa shape index (κ1) is 24.3. The Morgan fingerprint density at radius 1 is 1.03 bits per heavy atom. The minimum absolute atomic E-state index is 0.149. The topological polar surface area (TPSA) is 96.0 Å². The molecule has 1 N–H and O–H groups in total. The van der Waals surface area contributed by atoms with Gasteiger partial charge in [-0.05, 0) is 55.0 Å². The molecule has 0 fully saturated rings. The van der Waals surface area contributed by atoms with Crippen LogP contribution in [0, 0.1) is 5.82 Å². The molecule has 0 spiro atoms. The van der Waals surface area contributed by atoms with Gasteiger partial charge in [-0.2, -0.15) is 12.7 Å². The summed E-state index contributed by atoms with van der Waals surface area (Å²) in [6, 6.07) is 10.9. The molecule has 0 atom stereocenters. The molecule has 2 aromatic carbocycles. The van der Waals surface area contributed by atoms with E-state index >= 15 is 0 Å². The molecular weight excluding hydrogens is 425 g/mol. The third kappa shape index (κ3) is 6.76. The number of nitrogens with zero attached hydrogens (tertiary/aromatic N) is 2. The summed E-state index contributed by atoms with van der Waals surface area (Å²) < 4.78 is 45.5. The van der Waals surface area contributed by atoms with Crippen molar-refractivity contribution < 1.29 is 27.1 Å². The highest BCUT2D eigenvalue weighted by Gasteiger charge is 2.27. The van der Waals surface area contributed by atoms with E-state index in [-0.39, 0.29) is 5.69 Å². The Morgan fingerprint density at radius 2 is 1.65 bits per heavy atom. The van der Waals surface area contributed by atoms with Crippen LogP contribution in [0.1, 0.15) is 30.1 Å². The van der Waals surface area contributed by atoms with Gasteiger partial charge in [-0.3, -0.25) is 4.79 Å². The predicted molar refractivity (Wildman–Crippen MR) is 117 cm³/mol. The van der Waals surface area contributed by atoms with Gasteiger partial charge in [-0.15, -0.1) is 0 Å². The molecular formula is C21H26FN3O5S. The molecule has 0 aliphatic heterocycles. The van der Waals surface area contributed by atoms with Crippen LogP contribution in [0.25, 0.3) is 0 Å². The summed E-state index contributed by atoms with van der Waals surface area (Å²) in [5.41, 5.74) is 0.879. The second-order valence-electron chi connectivity index (χ2n) is 6.89. The fourth-order valence-corrected chi connectivity index (χ4v) is 3.59. The van der Waals surface area contributed by atoms with Crippen molar-refractivity contribution in [2.45, 2.75) is 19.8 Å². The number of carbonyl (C=O) groups is 2. The average molecular weight is 452 g/mol. The number of hydrogen-bond acceptors (Lipinski definition) is 5. The molecule has 0 aliphatic rings. The standard InChI is InChI=1S/C21H26FN3O5S/c1-4-5-14-30-21(27)16-6-10-18(11-7-16)23-20(26)15-25(31(28,29)24(2)3)19-12-8-17(22)9-13-19/h6-13H,4-5,14-15H2,1-3H3,(H,23,26). The first-order valence-corrected chi connectivity index (χ1v) is 11.1. The second-order valence-corrected chi connectivity index (χ2v) is 8.95. The maximum absolute atomic E-state index is 13.2. The summed E-state index contributed by atoms with van der Waals surface area (Å²) in [6.07, 6.45) is 1.69. The Labute approximate surface area is 181 Å². The van der Waals surface area contributed by atoms with Gasteiger partial charge in [0.25, 0.3) is 0 Å². The molecule has 0 bridgehead atoms. The van der Waals surface area contributed by atoms with E-state index in [4.69, 9.17) is 4.74 Å². The number of nitrogens with one attached hydrogen (secondary N) is 1. The number of unbranched alkanes of at least 4 members (excludes halogenated alkanes) is 1. The highest BCUT2D eigenvalue weighted by molar-refractivity contribution is 7.90. The molecule has 31 heavy (non-hydrogen) atoms. The van der Waals surface area contributed by atoms with Crippen molar-refractivity contribution in [1.29, 1.82) is 0 Å². The van der Waals surface area contributed by atoms with Gasteiger partial charge in [0, 0.05) is 19.8 Å². The molecule has 2 rings (SSSR count). The van der Waals surface area contributed by atoms with E-state index in [9.17, 15) is 22.4 Å². The van der Waals surface area contributed by atoms with Gasteiger partial charge in [-0.25, -0.2) is 13.5 Å². The summed E-state index contributed by atoms with van der Waals surface area (Å²) in [7, 11) is -1.33. The molecule has 0 unspecified atom stereocenters. The lowest BCUT2D eigenvalue weighted by Crippen LogP contribution is -2.44. The fourth-order valence-electron chi connectivity index (χ4n) is 2.52. The zero-order chi connectivity index (χ0) is 23.0. The number of amides is 1. The second kappa shape index (κ2) is 10.9. The summed E-state index contributed by atoms with van der Waals surface area (Å²) in [5.74, 6) is -1.58. The quantitative estimate of drug-likeness (QED) is 0.443. The lowest BCUT2D eigenvalue weighted by molar-refractivity contribution is -0.114. The third-order valence-corrected chi connectivity index (χ3v) is 6.10. The maximum atomic E-state index is 13.2. The van der Waals surface area contributed by atoms with E-state index in [0.29, 0.717) is 17.9 Å². The lowest BCUT2D eigenvalue weighted by Gasteiger charge is -2.26. The van der Waals surface area contributed by atoms with E-state index < -0.39 is 34.4 Å². The molecule has 0 aliphatic carbocycles. The Hall–Kier alpha value is -2.98. The normalized spacial score (nSPS) is 11.3. The van der Waals surface area contributed by atoms with Crippen LogP contribution in [0.4, 0.5) is 15.8 Å². The third-order valence-electron chi connectivity index (χ3n) is 4.28. The summed E-state index contributed by atoms with van der Waals surface area (Å²) in [6.45, 7) is 1.81. The highest BCUT2D eigenvalue weighted by atomic mass is 32.2. The van der Waals surface area contributed by atoms with E-state index in [1.165, 1.54) is 50.5 Å². The molecule has 0 radical (unpaired) electrons. The molecule has 2 aromatic rings. The number of anilines is 2. The predicted octanol–water partition coefficient (Wildman–Crippen LogP) is 3.03. The number of halogens is 1. The summed E-state index contributed by atoms with van der Waals surface area (Å²) >= 11 is 0. The summed E-state index contributed by atoms with van der Waals surface area (Å²) in [4.78, 5) is 24.5. The van der Waals surface area contributed by atoms with Crippen molar-refractivity contribution >= 4 is 33.5 Å². The largest absolute Gasteiger partial charge is 0.462 e. The Morgan fingerprint density at radius 3 is 2.19 bits per heavy atom. The van der Waals surface area contributed by atoms with Crippen molar-refractivity contribution in [1.82, 2.24) is 4.31 Å². The van der Waals surface area contributed by atoms with Gasteiger partial charge in [0.1, 0.15) is 12.4 Å². The van der Waals surface area contributed by atoms with E-state index in [1.54, 1.807) is 0 Å². The number of esters is 1. The maximum Gasteiger partial charge on any atom is 0.338 e. The van der Waals surface area contributed by atoms with Gasteiger partial charge in [-0.1, -0.05) is 13.3 Å². The van der Waals surface area contributed by atoms with Crippen LogP contribution in [0.2, 0.25) is 0 Å². The summed E-state index contributed by atoms with van der Waals surface area (Å²) in [5, 5.41) is 2.59. The molecule has 168 valence electrons. The first-order valence-electron chi connectivity index (χ1n) is 9.68. The molecule has 0 aromatic heterocycles. The zero-order valence-electron chi connectivity index (χ0n) is 17.7. The molecule has 0 saturated carbocycles. The van der Waals surface area contributed by atoms with Gasteiger partial charge in [0.05, 0.1) is 17.9 Å². The number of hydrogen-bond donors (Lipinski definition) is 1. The minimum Gasteiger partial charge on any atom is -0.462 e. The van der Waals surface area contributed by atoms with Crippen LogP contribution in [0.3, 0.4) is 0 Å². The minimum atomic E-state index is -4.00. The van der Waals surface area contributed by atoms with Gasteiger partial charge < -0.3 is 10.1 Å². The van der Waals surface area contributed by atoms with Crippen LogP contribution in [-0.2, 0) is 19.7 Å². The van der Waals surface area contributed by atoms with Crippen molar-refractivity contribution in [2.75, 3.05) is 36.9 Å². The van der Waals surface area contributed by atoms with Crippen LogP contribution < -0.4 is 9.62 Å². The van der Waals surface area contributed by atoms with Crippen LogP contribution in [0.5, 0.6) is 0 Å². The van der Waals surface area contributed by atoms with Crippen molar-refractivity contribution in [3.8, 4) is 0 Å². The van der Waals surface area contributed by atoms with Crippen LogP contribution in [0.15, 0.2) is 48.5 Å². The SMILES string of the molecule is CCCCOC(=O)c1ccc(NC(=O)CN(c2ccc(F)cc2)S(=O)(=O)N(C)C)cc1. The Bertz CT molecular complexity index is 993. The highest BCUT2D eigenvalue weighted by Crippen LogP contribution is 2.20. The first-order chi connectivity index (χ1) is 14.6. The smallest absolute Gasteiger partial charge is 0.338 e. The van der Waals surface area contributed by atoms with Crippen molar-refractivity contribution in [3.05, 3.63) is 59.9 Å². The van der Waals surface area contributed by atoms with E-state index in [1.807, 2.05) is 6.92 Å². The Kier molecular flexibility index (Phi) is 8.52. The molecule has 0 heterocycles. The molecule has 8 nitrogen and oxygen atoms in total. The van der Waals surface area contributed by atoms with Gasteiger partial charge in [0.2, 0.25) is 5.91 Å². The van der Waals surface area contributed by atoms with Gasteiger partial charge >= 0.3 is 16.2 Å². The van der Waals surface area contributed by atoms with E-state index in [0.717, 1.165) is 33.6 Å². The number of ether oxygens (including phenoxy) is 1. The zero-order valence-corrected chi connectivity index (χ0v) is 18.5. The number of rotatable bonds is 10. The molecule has 1 amide bonds. The number of benzene rings is 2. The number of carbonyl (C=O) groups excluding carboxylic acids is 2. The van der Waals surface area contributed by atoms with Crippen LogP contribution >= 0.6 is 0 Å².